The summed E-state index contributed by atoms with van der Waals surface area (Å²) in [5, 5.41) is 0. The first-order chi connectivity index (χ1) is 7.20. The first-order valence-corrected chi connectivity index (χ1v) is 5.59. The molecule has 1 aliphatic heterocycles. The fourth-order valence-electron chi connectivity index (χ4n) is 2.06. The van der Waals surface area contributed by atoms with E-state index in [2.05, 4.69) is 23.7 Å². The molecule has 0 amide bonds. The minimum atomic E-state index is 0.438. The second-order valence-corrected chi connectivity index (χ2v) is 4.44. The first-order valence-electron chi connectivity index (χ1n) is 5.59. The lowest BCUT2D eigenvalue weighted by Crippen LogP contribution is -2.27. The standard InChI is InChI=1S/C11H19N3O/c1-8(2)14-4-3-9(7-14)11-13-6-10(5-12)15-11/h6,8-9H,3-5,7,12H2,1-2H3. The summed E-state index contributed by atoms with van der Waals surface area (Å²) >= 11 is 0. The van der Waals surface area contributed by atoms with E-state index in [0.717, 1.165) is 31.2 Å². The molecule has 0 aromatic carbocycles. The molecule has 0 bridgehead atoms. The van der Waals surface area contributed by atoms with Crippen LogP contribution in [0.15, 0.2) is 10.6 Å². The molecule has 0 spiro atoms. The van der Waals surface area contributed by atoms with Crippen molar-refractivity contribution < 1.29 is 4.42 Å². The topological polar surface area (TPSA) is 55.3 Å². The molecule has 1 saturated heterocycles. The Kier molecular flexibility index (Phi) is 3.07. The van der Waals surface area contributed by atoms with E-state index >= 15 is 0 Å². The normalized spacial score (nSPS) is 22.8. The highest BCUT2D eigenvalue weighted by Gasteiger charge is 2.28. The summed E-state index contributed by atoms with van der Waals surface area (Å²) in [7, 11) is 0. The third kappa shape index (κ3) is 2.21. The van der Waals surface area contributed by atoms with Gasteiger partial charge in [0.25, 0.3) is 0 Å². The van der Waals surface area contributed by atoms with Crippen LogP contribution in [0.25, 0.3) is 0 Å². The zero-order chi connectivity index (χ0) is 10.8. The molecular formula is C11H19N3O. The molecule has 1 aromatic heterocycles. The Morgan fingerprint density at radius 2 is 2.47 bits per heavy atom. The van der Waals surface area contributed by atoms with Crippen molar-refractivity contribution in [2.24, 2.45) is 5.73 Å². The monoisotopic (exact) mass is 209 g/mol. The lowest BCUT2D eigenvalue weighted by Gasteiger charge is -2.19. The fourth-order valence-corrected chi connectivity index (χ4v) is 2.06. The molecule has 1 aromatic rings. The molecule has 1 unspecified atom stereocenters. The maximum absolute atomic E-state index is 5.58. The Morgan fingerprint density at radius 1 is 1.67 bits per heavy atom. The van der Waals surface area contributed by atoms with Crippen molar-refractivity contribution >= 4 is 0 Å². The molecule has 0 saturated carbocycles. The molecule has 0 radical (unpaired) electrons. The largest absolute Gasteiger partial charge is 0.444 e. The minimum absolute atomic E-state index is 0.438. The van der Waals surface area contributed by atoms with Crippen molar-refractivity contribution in [2.45, 2.75) is 38.8 Å². The van der Waals surface area contributed by atoms with Gasteiger partial charge < -0.3 is 15.1 Å². The van der Waals surface area contributed by atoms with Crippen LogP contribution in [0.5, 0.6) is 0 Å². The van der Waals surface area contributed by atoms with Gasteiger partial charge in [-0.05, 0) is 26.8 Å². The van der Waals surface area contributed by atoms with Gasteiger partial charge in [0.15, 0.2) is 5.89 Å². The van der Waals surface area contributed by atoms with Crippen LogP contribution in [0.4, 0.5) is 0 Å². The van der Waals surface area contributed by atoms with Crippen LogP contribution < -0.4 is 5.73 Å². The molecule has 2 N–H and O–H groups in total. The number of likely N-dealkylation sites (tertiary alicyclic amines) is 1. The Bertz CT molecular complexity index is 321. The molecule has 4 heteroatoms. The number of hydrogen-bond acceptors (Lipinski definition) is 4. The van der Waals surface area contributed by atoms with Gasteiger partial charge in [-0.2, -0.15) is 0 Å². The number of hydrogen-bond donors (Lipinski definition) is 1. The van der Waals surface area contributed by atoms with Crippen LogP contribution >= 0.6 is 0 Å². The average molecular weight is 209 g/mol. The number of aromatic nitrogens is 1. The molecule has 2 rings (SSSR count). The number of oxazole rings is 1. The molecule has 84 valence electrons. The van der Waals surface area contributed by atoms with Gasteiger partial charge in [-0.25, -0.2) is 4.98 Å². The Balaban J connectivity index is 2.01. The summed E-state index contributed by atoms with van der Waals surface area (Å²) < 4.78 is 5.58. The molecule has 2 heterocycles. The number of rotatable bonds is 3. The van der Waals surface area contributed by atoms with Gasteiger partial charge >= 0.3 is 0 Å². The average Bonchev–Trinajstić information content (AvgIpc) is 2.86. The number of nitrogens with zero attached hydrogens (tertiary/aromatic N) is 2. The van der Waals surface area contributed by atoms with E-state index in [-0.39, 0.29) is 0 Å². The van der Waals surface area contributed by atoms with Crippen molar-refractivity contribution in [3.8, 4) is 0 Å². The maximum atomic E-state index is 5.58. The van der Waals surface area contributed by atoms with E-state index in [4.69, 9.17) is 10.2 Å². The zero-order valence-electron chi connectivity index (χ0n) is 9.44. The number of nitrogens with two attached hydrogens (primary N) is 1. The highest BCUT2D eigenvalue weighted by Crippen LogP contribution is 2.27. The van der Waals surface area contributed by atoms with Gasteiger partial charge in [0, 0.05) is 18.5 Å². The lowest BCUT2D eigenvalue weighted by molar-refractivity contribution is 0.268. The van der Waals surface area contributed by atoms with Crippen molar-refractivity contribution in [2.75, 3.05) is 13.1 Å². The van der Waals surface area contributed by atoms with Crippen molar-refractivity contribution in [3.63, 3.8) is 0 Å². The molecule has 0 aliphatic carbocycles. The summed E-state index contributed by atoms with van der Waals surface area (Å²) in [6.45, 7) is 7.09. The third-order valence-corrected chi connectivity index (χ3v) is 3.07. The van der Waals surface area contributed by atoms with E-state index in [1.807, 2.05) is 0 Å². The fraction of sp³-hybridized carbons (Fsp3) is 0.727. The van der Waals surface area contributed by atoms with E-state index < -0.39 is 0 Å². The molecule has 4 nitrogen and oxygen atoms in total. The second kappa shape index (κ2) is 4.33. The van der Waals surface area contributed by atoms with Crippen molar-refractivity contribution in [1.82, 2.24) is 9.88 Å². The van der Waals surface area contributed by atoms with Crippen LogP contribution in [0.2, 0.25) is 0 Å². The van der Waals surface area contributed by atoms with Crippen LogP contribution in [-0.2, 0) is 6.54 Å². The summed E-state index contributed by atoms with van der Waals surface area (Å²) in [6, 6.07) is 0.610. The van der Waals surface area contributed by atoms with Gasteiger partial charge in [-0.15, -0.1) is 0 Å². The Labute approximate surface area is 90.5 Å². The smallest absolute Gasteiger partial charge is 0.198 e. The van der Waals surface area contributed by atoms with E-state index in [9.17, 15) is 0 Å². The van der Waals surface area contributed by atoms with Crippen LogP contribution in [0, 0.1) is 0 Å². The summed E-state index contributed by atoms with van der Waals surface area (Å²) in [5.41, 5.74) is 5.49. The third-order valence-electron chi connectivity index (χ3n) is 3.07. The maximum Gasteiger partial charge on any atom is 0.198 e. The second-order valence-electron chi connectivity index (χ2n) is 4.44. The quantitative estimate of drug-likeness (QED) is 0.816. The van der Waals surface area contributed by atoms with Crippen LogP contribution in [0.1, 0.15) is 37.8 Å². The van der Waals surface area contributed by atoms with Gasteiger partial charge in [-0.1, -0.05) is 0 Å². The predicted octanol–water partition coefficient (Wildman–Crippen LogP) is 1.33. The summed E-state index contributed by atoms with van der Waals surface area (Å²) in [6.07, 6.45) is 2.88. The summed E-state index contributed by atoms with van der Waals surface area (Å²) in [5.74, 6) is 2.10. The molecular weight excluding hydrogens is 190 g/mol. The van der Waals surface area contributed by atoms with Crippen LogP contribution in [-0.4, -0.2) is 29.0 Å². The predicted molar refractivity (Wildman–Crippen MR) is 58.5 cm³/mol. The molecule has 1 aliphatic rings. The lowest BCUT2D eigenvalue weighted by atomic mass is 10.1. The summed E-state index contributed by atoms with van der Waals surface area (Å²) in [4.78, 5) is 6.74. The van der Waals surface area contributed by atoms with Gasteiger partial charge in [0.05, 0.1) is 12.7 Å². The SMILES string of the molecule is CC(C)N1CCC(c2ncc(CN)o2)C1. The van der Waals surface area contributed by atoms with Crippen molar-refractivity contribution in [3.05, 3.63) is 17.8 Å². The van der Waals surface area contributed by atoms with E-state index in [1.165, 1.54) is 0 Å². The first kappa shape index (κ1) is 10.6. The van der Waals surface area contributed by atoms with Crippen LogP contribution in [0.3, 0.4) is 0 Å². The van der Waals surface area contributed by atoms with E-state index in [0.29, 0.717) is 18.5 Å². The van der Waals surface area contributed by atoms with Gasteiger partial charge in [0.2, 0.25) is 0 Å². The van der Waals surface area contributed by atoms with E-state index in [1.54, 1.807) is 6.20 Å². The highest BCUT2D eigenvalue weighted by molar-refractivity contribution is 5.02. The molecule has 15 heavy (non-hydrogen) atoms. The molecule has 1 fully saturated rings. The van der Waals surface area contributed by atoms with Crippen molar-refractivity contribution in [1.29, 1.82) is 0 Å². The van der Waals surface area contributed by atoms with Gasteiger partial charge in [0.1, 0.15) is 5.76 Å². The van der Waals surface area contributed by atoms with Gasteiger partial charge in [-0.3, -0.25) is 0 Å². The Hall–Kier alpha value is -0.870. The zero-order valence-corrected chi connectivity index (χ0v) is 9.44. The molecule has 1 atom stereocenters. The minimum Gasteiger partial charge on any atom is -0.444 e. The Morgan fingerprint density at radius 3 is 3.00 bits per heavy atom. The highest BCUT2D eigenvalue weighted by atomic mass is 16.4.